The number of rotatable bonds is 5. The minimum atomic E-state index is -4.08. The number of alkyl halides is 3. The molecule has 15 heavy (non-hydrogen) atoms. The van der Waals surface area contributed by atoms with Crippen LogP contribution in [0.15, 0.2) is 0 Å². The molecule has 90 valence electrons. The summed E-state index contributed by atoms with van der Waals surface area (Å²) in [5.41, 5.74) is -4.08. The van der Waals surface area contributed by atoms with Crippen LogP contribution in [0.2, 0.25) is 0 Å². The molecule has 0 saturated heterocycles. The molecule has 0 bridgehead atoms. The van der Waals surface area contributed by atoms with Crippen LogP contribution < -0.4 is 5.32 Å². The third-order valence-electron chi connectivity index (χ3n) is 2.92. The Kier molecular flexibility index (Phi) is 4.77. The van der Waals surface area contributed by atoms with E-state index in [4.69, 9.17) is 0 Å². The van der Waals surface area contributed by atoms with E-state index in [0.717, 1.165) is 18.8 Å². The van der Waals surface area contributed by atoms with Gasteiger partial charge in [-0.2, -0.15) is 13.2 Å². The monoisotopic (exact) mass is 241 g/mol. The van der Waals surface area contributed by atoms with Gasteiger partial charge < -0.3 is 5.32 Å². The lowest BCUT2D eigenvalue weighted by Gasteiger charge is -2.38. The molecule has 1 fully saturated rings. The highest BCUT2D eigenvalue weighted by molar-refractivity contribution is 8.00. The van der Waals surface area contributed by atoms with Crippen molar-refractivity contribution in [2.24, 2.45) is 11.8 Å². The summed E-state index contributed by atoms with van der Waals surface area (Å²) in [4.78, 5) is 0. The van der Waals surface area contributed by atoms with Crippen LogP contribution in [0.1, 0.15) is 26.7 Å². The van der Waals surface area contributed by atoms with Gasteiger partial charge in [-0.15, -0.1) is 0 Å². The summed E-state index contributed by atoms with van der Waals surface area (Å²) in [5.74, 6) is 1.58. The average Bonchev–Trinajstić information content (AvgIpc) is 1.97. The summed E-state index contributed by atoms with van der Waals surface area (Å²) in [6.45, 7) is 4.85. The fourth-order valence-electron chi connectivity index (χ4n) is 1.80. The molecular weight excluding hydrogens is 223 g/mol. The van der Waals surface area contributed by atoms with Gasteiger partial charge in [-0.3, -0.25) is 0 Å². The van der Waals surface area contributed by atoms with Gasteiger partial charge in [0.15, 0.2) is 0 Å². The quantitative estimate of drug-likeness (QED) is 0.741. The fraction of sp³-hybridized carbons (Fsp3) is 1.00. The van der Waals surface area contributed by atoms with Gasteiger partial charge in [-0.1, -0.05) is 13.8 Å². The molecule has 0 radical (unpaired) electrons. The topological polar surface area (TPSA) is 12.0 Å². The fourth-order valence-corrected chi connectivity index (χ4v) is 2.25. The van der Waals surface area contributed by atoms with Gasteiger partial charge in [0.2, 0.25) is 0 Å². The molecule has 0 spiro atoms. The van der Waals surface area contributed by atoms with E-state index in [0.29, 0.717) is 18.5 Å². The first-order chi connectivity index (χ1) is 6.88. The average molecular weight is 241 g/mol. The Morgan fingerprint density at radius 2 is 1.93 bits per heavy atom. The van der Waals surface area contributed by atoms with E-state index in [1.54, 1.807) is 0 Å². The van der Waals surface area contributed by atoms with Gasteiger partial charge >= 0.3 is 5.51 Å². The number of hydrogen-bond donors (Lipinski definition) is 1. The molecule has 0 aromatic rings. The lowest BCUT2D eigenvalue weighted by atomic mass is 9.74. The number of thioether (sulfide) groups is 1. The number of halogens is 3. The van der Waals surface area contributed by atoms with Crippen molar-refractivity contribution in [1.82, 2.24) is 5.32 Å². The molecule has 1 rings (SSSR count). The number of hydrogen-bond acceptors (Lipinski definition) is 2. The van der Waals surface area contributed by atoms with Crippen LogP contribution in [0.25, 0.3) is 0 Å². The van der Waals surface area contributed by atoms with Gasteiger partial charge in [0.25, 0.3) is 0 Å². The van der Waals surface area contributed by atoms with Gasteiger partial charge in [0.05, 0.1) is 0 Å². The molecular formula is C10H18F3NS. The largest absolute Gasteiger partial charge is 0.441 e. The Balaban J connectivity index is 1.95. The summed E-state index contributed by atoms with van der Waals surface area (Å²) in [6.07, 6.45) is 2.24. The van der Waals surface area contributed by atoms with Crippen LogP contribution in [-0.2, 0) is 0 Å². The maximum Gasteiger partial charge on any atom is 0.441 e. The van der Waals surface area contributed by atoms with E-state index in [1.165, 1.54) is 0 Å². The zero-order chi connectivity index (χ0) is 11.5. The molecule has 1 aliphatic rings. The molecule has 1 N–H and O–H groups in total. The molecule has 0 amide bonds. The lowest BCUT2D eigenvalue weighted by Crippen LogP contribution is -2.43. The van der Waals surface area contributed by atoms with Gasteiger partial charge in [-0.05, 0) is 36.4 Å². The molecule has 1 nitrogen and oxygen atoms in total. The van der Waals surface area contributed by atoms with Gasteiger partial charge in [0.1, 0.15) is 0 Å². The van der Waals surface area contributed by atoms with Crippen LogP contribution in [-0.4, -0.2) is 23.8 Å². The Morgan fingerprint density at radius 3 is 2.40 bits per heavy atom. The van der Waals surface area contributed by atoms with Crippen molar-refractivity contribution in [3.8, 4) is 0 Å². The molecule has 1 aliphatic carbocycles. The third-order valence-corrected chi connectivity index (χ3v) is 3.65. The summed E-state index contributed by atoms with van der Waals surface area (Å²) in [7, 11) is 0. The summed E-state index contributed by atoms with van der Waals surface area (Å²) < 4.78 is 35.3. The van der Waals surface area contributed by atoms with Crippen molar-refractivity contribution in [3.63, 3.8) is 0 Å². The van der Waals surface area contributed by atoms with E-state index in [-0.39, 0.29) is 17.5 Å². The Hall–Kier alpha value is 0.100. The number of nitrogens with one attached hydrogen (secondary N) is 1. The van der Waals surface area contributed by atoms with Crippen LogP contribution in [0, 0.1) is 11.8 Å². The van der Waals surface area contributed by atoms with Crippen molar-refractivity contribution in [2.45, 2.75) is 38.2 Å². The SMILES string of the molecule is CC(C)C1CC(NCCSC(F)(F)F)C1. The van der Waals surface area contributed by atoms with E-state index < -0.39 is 5.51 Å². The highest BCUT2D eigenvalue weighted by Crippen LogP contribution is 2.34. The van der Waals surface area contributed by atoms with E-state index in [1.807, 2.05) is 0 Å². The van der Waals surface area contributed by atoms with Crippen LogP contribution in [0.3, 0.4) is 0 Å². The molecule has 0 unspecified atom stereocenters. The maximum atomic E-state index is 11.8. The predicted octanol–water partition coefficient (Wildman–Crippen LogP) is 3.26. The first kappa shape index (κ1) is 13.2. The summed E-state index contributed by atoms with van der Waals surface area (Å²) in [6, 6.07) is 0.450. The standard InChI is InChI=1S/C10H18F3NS/c1-7(2)8-5-9(6-8)14-3-4-15-10(11,12)13/h7-9,14H,3-6H2,1-2H3. The maximum absolute atomic E-state index is 11.8. The second kappa shape index (κ2) is 5.43. The Morgan fingerprint density at radius 1 is 1.33 bits per heavy atom. The summed E-state index contributed by atoms with van der Waals surface area (Å²) in [5, 5.41) is 3.16. The van der Waals surface area contributed by atoms with Crippen molar-refractivity contribution in [1.29, 1.82) is 0 Å². The highest BCUT2D eigenvalue weighted by Gasteiger charge is 2.31. The molecule has 0 aliphatic heterocycles. The Labute approximate surface area is 93.2 Å². The molecule has 0 atom stereocenters. The second-order valence-electron chi connectivity index (χ2n) is 4.42. The van der Waals surface area contributed by atoms with Crippen LogP contribution in [0.4, 0.5) is 13.2 Å². The summed E-state index contributed by atoms with van der Waals surface area (Å²) >= 11 is 0.0547. The van der Waals surface area contributed by atoms with Crippen molar-refractivity contribution in [2.75, 3.05) is 12.3 Å². The van der Waals surface area contributed by atoms with E-state index in [9.17, 15) is 13.2 Å². The molecule has 0 aromatic heterocycles. The zero-order valence-corrected chi connectivity index (χ0v) is 9.92. The van der Waals surface area contributed by atoms with Crippen LogP contribution >= 0.6 is 11.8 Å². The van der Waals surface area contributed by atoms with Crippen molar-refractivity contribution < 1.29 is 13.2 Å². The first-order valence-corrected chi connectivity index (χ1v) is 6.31. The van der Waals surface area contributed by atoms with Crippen molar-refractivity contribution >= 4 is 11.8 Å². The Bertz CT molecular complexity index is 188. The van der Waals surface area contributed by atoms with E-state index >= 15 is 0 Å². The van der Waals surface area contributed by atoms with Crippen LogP contribution in [0.5, 0.6) is 0 Å². The van der Waals surface area contributed by atoms with E-state index in [2.05, 4.69) is 19.2 Å². The molecule has 1 saturated carbocycles. The second-order valence-corrected chi connectivity index (χ2v) is 5.58. The zero-order valence-electron chi connectivity index (χ0n) is 9.10. The first-order valence-electron chi connectivity index (χ1n) is 5.32. The predicted molar refractivity (Wildman–Crippen MR) is 57.9 cm³/mol. The minimum Gasteiger partial charge on any atom is -0.313 e. The molecule has 0 aromatic carbocycles. The third kappa shape index (κ3) is 5.11. The lowest BCUT2D eigenvalue weighted by molar-refractivity contribution is -0.0327. The van der Waals surface area contributed by atoms with Gasteiger partial charge in [0, 0.05) is 18.3 Å². The van der Waals surface area contributed by atoms with Gasteiger partial charge in [-0.25, -0.2) is 0 Å². The highest BCUT2D eigenvalue weighted by atomic mass is 32.2. The molecule has 0 heterocycles. The normalized spacial score (nSPS) is 26.8. The molecule has 5 heteroatoms. The van der Waals surface area contributed by atoms with Crippen molar-refractivity contribution in [3.05, 3.63) is 0 Å². The minimum absolute atomic E-state index is 0.0547. The smallest absolute Gasteiger partial charge is 0.313 e.